The first-order chi connectivity index (χ1) is 9.56. The molecule has 1 aromatic heterocycles. The van der Waals surface area contributed by atoms with E-state index in [1.165, 1.54) is 11.4 Å². The van der Waals surface area contributed by atoms with E-state index in [4.69, 9.17) is 11.6 Å². The Morgan fingerprint density at radius 3 is 2.65 bits per heavy atom. The SMILES string of the molecule is CCn1c(C)cc(/C=C(\C#N)c2cccc(Cl)c2)c1C. The predicted octanol–water partition coefficient (Wildman–Crippen LogP) is 4.84. The molecule has 2 rings (SSSR count). The van der Waals surface area contributed by atoms with Gasteiger partial charge in [-0.05, 0) is 56.2 Å². The molecule has 0 unspecified atom stereocenters. The molecule has 0 atom stereocenters. The minimum atomic E-state index is 0.629. The molecule has 0 aliphatic rings. The van der Waals surface area contributed by atoms with Crippen molar-refractivity contribution in [2.45, 2.75) is 27.3 Å². The van der Waals surface area contributed by atoms with Crippen LogP contribution in [0.3, 0.4) is 0 Å². The monoisotopic (exact) mass is 284 g/mol. The summed E-state index contributed by atoms with van der Waals surface area (Å²) >= 11 is 5.99. The van der Waals surface area contributed by atoms with Gasteiger partial charge < -0.3 is 4.57 Å². The van der Waals surface area contributed by atoms with Crippen molar-refractivity contribution in [1.29, 1.82) is 5.26 Å². The summed E-state index contributed by atoms with van der Waals surface area (Å²) in [7, 11) is 0. The third-order valence-electron chi connectivity index (χ3n) is 3.48. The molecule has 0 aliphatic heterocycles. The maximum absolute atomic E-state index is 9.39. The lowest BCUT2D eigenvalue weighted by Gasteiger charge is -2.05. The van der Waals surface area contributed by atoms with Crippen molar-refractivity contribution >= 4 is 23.3 Å². The molecule has 0 saturated carbocycles. The van der Waals surface area contributed by atoms with E-state index in [1.54, 1.807) is 0 Å². The van der Waals surface area contributed by atoms with Gasteiger partial charge in [0.25, 0.3) is 0 Å². The van der Waals surface area contributed by atoms with E-state index < -0.39 is 0 Å². The molecule has 0 N–H and O–H groups in total. The number of hydrogen-bond acceptors (Lipinski definition) is 1. The summed E-state index contributed by atoms with van der Waals surface area (Å²) in [5.74, 6) is 0. The van der Waals surface area contributed by atoms with Crippen molar-refractivity contribution in [3.8, 4) is 6.07 Å². The molecule has 0 amide bonds. The lowest BCUT2D eigenvalue weighted by Crippen LogP contribution is -1.98. The number of aryl methyl sites for hydroxylation is 1. The van der Waals surface area contributed by atoms with Crippen LogP contribution in [0, 0.1) is 25.2 Å². The molecule has 0 aliphatic carbocycles. The first-order valence-electron chi connectivity index (χ1n) is 6.61. The Morgan fingerprint density at radius 1 is 1.35 bits per heavy atom. The van der Waals surface area contributed by atoms with Crippen LogP contribution in [0.25, 0.3) is 11.6 Å². The lowest BCUT2D eigenvalue weighted by molar-refractivity contribution is 0.718. The molecule has 1 heterocycles. The second kappa shape index (κ2) is 5.98. The summed E-state index contributed by atoms with van der Waals surface area (Å²) in [5.41, 5.74) is 4.95. The predicted molar refractivity (Wildman–Crippen MR) is 84.5 cm³/mol. The first kappa shape index (κ1) is 14.4. The maximum Gasteiger partial charge on any atom is 0.0998 e. The fourth-order valence-corrected chi connectivity index (χ4v) is 2.64. The Bertz CT molecular complexity index is 702. The number of rotatable bonds is 3. The Labute approximate surface area is 124 Å². The average molecular weight is 285 g/mol. The van der Waals surface area contributed by atoms with E-state index in [0.717, 1.165) is 17.7 Å². The molecule has 2 nitrogen and oxygen atoms in total. The molecule has 0 spiro atoms. The van der Waals surface area contributed by atoms with E-state index in [9.17, 15) is 5.26 Å². The van der Waals surface area contributed by atoms with Gasteiger partial charge in [-0.25, -0.2) is 0 Å². The summed E-state index contributed by atoms with van der Waals surface area (Å²) in [6, 6.07) is 11.8. The number of allylic oxidation sites excluding steroid dienone is 1. The van der Waals surface area contributed by atoms with Crippen molar-refractivity contribution in [2.75, 3.05) is 0 Å². The molecule has 0 bridgehead atoms. The number of nitriles is 1. The highest BCUT2D eigenvalue weighted by Gasteiger charge is 2.08. The van der Waals surface area contributed by atoms with Gasteiger partial charge in [-0.15, -0.1) is 0 Å². The van der Waals surface area contributed by atoms with Crippen LogP contribution in [0.2, 0.25) is 5.02 Å². The van der Waals surface area contributed by atoms with Crippen LogP contribution < -0.4 is 0 Å². The summed E-state index contributed by atoms with van der Waals surface area (Å²) in [5, 5.41) is 10.0. The Hall–Kier alpha value is -1.98. The van der Waals surface area contributed by atoms with Gasteiger partial charge in [0.05, 0.1) is 11.6 Å². The second-order valence-electron chi connectivity index (χ2n) is 4.75. The van der Waals surface area contributed by atoms with Crippen LogP contribution in [0.5, 0.6) is 0 Å². The topological polar surface area (TPSA) is 28.7 Å². The van der Waals surface area contributed by atoms with Gasteiger partial charge in [0.2, 0.25) is 0 Å². The zero-order valence-electron chi connectivity index (χ0n) is 11.9. The lowest BCUT2D eigenvalue weighted by atomic mass is 10.0. The van der Waals surface area contributed by atoms with Crippen LogP contribution in [-0.4, -0.2) is 4.57 Å². The molecule has 0 fully saturated rings. The van der Waals surface area contributed by atoms with Crippen LogP contribution in [-0.2, 0) is 6.54 Å². The molecule has 2 aromatic rings. The number of benzene rings is 1. The van der Waals surface area contributed by atoms with Crippen molar-refractivity contribution in [3.05, 3.63) is 57.9 Å². The van der Waals surface area contributed by atoms with Crippen molar-refractivity contribution < 1.29 is 0 Å². The summed E-state index contributed by atoms with van der Waals surface area (Å²) in [4.78, 5) is 0. The molecule has 0 radical (unpaired) electrons. The van der Waals surface area contributed by atoms with Crippen LogP contribution in [0.15, 0.2) is 30.3 Å². The van der Waals surface area contributed by atoms with E-state index in [2.05, 4.69) is 37.5 Å². The van der Waals surface area contributed by atoms with Crippen molar-refractivity contribution in [2.24, 2.45) is 0 Å². The Morgan fingerprint density at radius 2 is 2.10 bits per heavy atom. The van der Waals surface area contributed by atoms with Crippen molar-refractivity contribution in [3.63, 3.8) is 0 Å². The number of halogens is 1. The number of aromatic nitrogens is 1. The highest BCUT2D eigenvalue weighted by atomic mass is 35.5. The van der Waals surface area contributed by atoms with E-state index in [0.29, 0.717) is 10.6 Å². The zero-order chi connectivity index (χ0) is 14.7. The molecule has 20 heavy (non-hydrogen) atoms. The molecule has 0 saturated heterocycles. The number of hydrogen-bond donors (Lipinski definition) is 0. The largest absolute Gasteiger partial charge is 0.349 e. The van der Waals surface area contributed by atoms with Crippen LogP contribution in [0.1, 0.15) is 29.4 Å². The second-order valence-corrected chi connectivity index (χ2v) is 5.19. The standard InChI is InChI=1S/C17H17ClN2/c1-4-20-12(2)8-15(13(20)3)9-16(11-19)14-6-5-7-17(18)10-14/h5-10H,4H2,1-3H3/b16-9+. The molecule has 102 valence electrons. The summed E-state index contributed by atoms with van der Waals surface area (Å²) < 4.78 is 2.23. The van der Waals surface area contributed by atoms with Gasteiger partial charge in [0.1, 0.15) is 0 Å². The third kappa shape index (κ3) is 2.79. The minimum Gasteiger partial charge on any atom is -0.349 e. The van der Waals surface area contributed by atoms with Gasteiger partial charge in [-0.2, -0.15) is 5.26 Å². The minimum absolute atomic E-state index is 0.629. The molecular weight excluding hydrogens is 268 g/mol. The Balaban J connectivity index is 2.50. The average Bonchev–Trinajstić information content (AvgIpc) is 2.70. The summed E-state index contributed by atoms with van der Waals surface area (Å²) in [6.07, 6.45) is 1.93. The van der Waals surface area contributed by atoms with Gasteiger partial charge in [-0.1, -0.05) is 23.7 Å². The molecule has 3 heteroatoms. The van der Waals surface area contributed by atoms with Gasteiger partial charge in [0, 0.05) is 23.0 Å². The van der Waals surface area contributed by atoms with Gasteiger partial charge in [0.15, 0.2) is 0 Å². The highest BCUT2D eigenvalue weighted by Crippen LogP contribution is 2.24. The fraction of sp³-hybridized carbons (Fsp3) is 0.235. The quantitative estimate of drug-likeness (QED) is 0.741. The smallest absolute Gasteiger partial charge is 0.0998 e. The van der Waals surface area contributed by atoms with Crippen molar-refractivity contribution in [1.82, 2.24) is 4.57 Å². The normalized spacial score (nSPS) is 11.4. The van der Waals surface area contributed by atoms with Crippen LogP contribution >= 0.6 is 11.6 Å². The Kier molecular flexibility index (Phi) is 4.32. The highest BCUT2D eigenvalue weighted by molar-refractivity contribution is 6.30. The first-order valence-corrected chi connectivity index (χ1v) is 6.99. The zero-order valence-corrected chi connectivity index (χ0v) is 12.7. The van der Waals surface area contributed by atoms with Gasteiger partial charge >= 0.3 is 0 Å². The summed E-state index contributed by atoms with van der Waals surface area (Å²) in [6.45, 7) is 7.22. The third-order valence-corrected chi connectivity index (χ3v) is 3.72. The van der Waals surface area contributed by atoms with E-state index >= 15 is 0 Å². The fourth-order valence-electron chi connectivity index (χ4n) is 2.45. The molecular formula is C17H17ClN2. The van der Waals surface area contributed by atoms with Gasteiger partial charge in [-0.3, -0.25) is 0 Å². The molecule has 1 aromatic carbocycles. The van der Waals surface area contributed by atoms with E-state index in [-0.39, 0.29) is 0 Å². The maximum atomic E-state index is 9.39. The van der Waals surface area contributed by atoms with Crippen LogP contribution in [0.4, 0.5) is 0 Å². The van der Waals surface area contributed by atoms with E-state index in [1.807, 2.05) is 30.3 Å². The number of nitrogens with zero attached hydrogens (tertiary/aromatic N) is 2.